The van der Waals surface area contributed by atoms with Gasteiger partial charge in [-0.25, -0.2) is 4.98 Å². The Morgan fingerprint density at radius 2 is 2.00 bits per heavy atom. The van der Waals surface area contributed by atoms with Crippen molar-refractivity contribution in [2.75, 3.05) is 12.5 Å². The molecule has 0 aliphatic carbocycles. The summed E-state index contributed by atoms with van der Waals surface area (Å²) in [6, 6.07) is 17.1. The van der Waals surface area contributed by atoms with Crippen molar-refractivity contribution in [3.05, 3.63) is 88.1 Å². The number of nitro groups is 1. The van der Waals surface area contributed by atoms with Crippen molar-refractivity contribution < 1.29 is 14.4 Å². The molecule has 8 nitrogen and oxygen atoms in total. The van der Waals surface area contributed by atoms with Crippen LogP contribution in [0.4, 0.5) is 11.4 Å². The van der Waals surface area contributed by atoms with Crippen LogP contribution in [0.5, 0.6) is 11.6 Å². The summed E-state index contributed by atoms with van der Waals surface area (Å²) >= 11 is 0. The van der Waals surface area contributed by atoms with E-state index in [0.29, 0.717) is 23.9 Å². The fourth-order valence-electron chi connectivity index (χ4n) is 2.41. The fourth-order valence-corrected chi connectivity index (χ4v) is 2.41. The number of hydrogen-bond donors (Lipinski definition) is 1. The van der Waals surface area contributed by atoms with E-state index in [0.717, 1.165) is 11.1 Å². The minimum Gasteiger partial charge on any atom is -0.496 e. The normalized spacial score (nSPS) is 10.6. The van der Waals surface area contributed by atoms with E-state index in [2.05, 4.69) is 15.5 Å². The number of nitrogens with zero attached hydrogens (tertiary/aromatic N) is 3. The van der Waals surface area contributed by atoms with E-state index in [-0.39, 0.29) is 5.69 Å². The van der Waals surface area contributed by atoms with Crippen LogP contribution in [-0.4, -0.2) is 23.2 Å². The number of methoxy groups -OCH3 is 1. The van der Waals surface area contributed by atoms with Gasteiger partial charge in [-0.05, 0) is 42.0 Å². The maximum absolute atomic E-state index is 10.7. The van der Waals surface area contributed by atoms with Gasteiger partial charge in [0.15, 0.2) is 0 Å². The van der Waals surface area contributed by atoms with Gasteiger partial charge in [-0.1, -0.05) is 6.07 Å². The Hall–Kier alpha value is -3.94. The zero-order valence-electron chi connectivity index (χ0n) is 15.1. The second-order valence-corrected chi connectivity index (χ2v) is 5.70. The van der Waals surface area contributed by atoms with Crippen LogP contribution in [0.15, 0.2) is 72.0 Å². The average molecular weight is 378 g/mol. The lowest BCUT2D eigenvalue weighted by Crippen LogP contribution is -2.01. The lowest BCUT2D eigenvalue weighted by molar-refractivity contribution is -0.384. The lowest BCUT2D eigenvalue weighted by Gasteiger charge is -2.10. The smallest absolute Gasteiger partial charge is 0.269 e. The molecule has 0 saturated carbocycles. The summed E-state index contributed by atoms with van der Waals surface area (Å²) in [5, 5.41) is 14.8. The van der Waals surface area contributed by atoms with Crippen LogP contribution >= 0.6 is 0 Å². The lowest BCUT2D eigenvalue weighted by atomic mass is 10.1. The predicted molar refractivity (Wildman–Crippen MR) is 106 cm³/mol. The number of nitrogens with one attached hydrogen (secondary N) is 1. The van der Waals surface area contributed by atoms with Crippen molar-refractivity contribution in [2.24, 2.45) is 5.10 Å². The molecule has 0 saturated heterocycles. The Kier molecular flexibility index (Phi) is 6.14. The van der Waals surface area contributed by atoms with E-state index in [1.807, 2.05) is 30.3 Å². The molecule has 3 rings (SSSR count). The summed E-state index contributed by atoms with van der Waals surface area (Å²) in [5.74, 6) is 1.24. The van der Waals surface area contributed by atoms with Crippen molar-refractivity contribution in [2.45, 2.75) is 6.61 Å². The highest BCUT2D eigenvalue weighted by Gasteiger charge is 2.06. The minimum atomic E-state index is -0.445. The molecule has 0 unspecified atom stereocenters. The number of hydrazone groups is 1. The quantitative estimate of drug-likeness (QED) is 0.361. The first-order valence-corrected chi connectivity index (χ1v) is 8.40. The molecule has 0 atom stereocenters. The maximum atomic E-state index is 10.7. The predicted octanol–water partition coefficient (Wildman–Crippen LogP) is 4.02. The Morgan fingerprint density at radius 3 is 2.68 bits per heavy atom. The largest absolute Gasteiger partial charge is 0.496 e. The molecule has 142 valence electrons. The van der Waals surface area contributed by atoms with Crippen molar-refractivity contribution in [1.82, 2.24) is 4.98 Å². The van der Waals surface area contributed by atoms with E-state index in [1.165, 1.54) is 12.1 Å². The molecular weight excluding hydrogens is 360 g/mol. The molecule has 1 N–H and O–H groups in total. The summed E-state index contributed by atoms with van der Waals surface area (Å²) in [5.41, 5.74) is 5.21. The Morgan fingerprint density at radius 1 is 1.18 bits per heavy atom. The number of pyridine rings is 1. The number of benzene rings is 2. The van der Waals surface area contributed by atoms with Gasteiger partial charge in [0.2, 0.25) is 5.88 Å². The topological polar surface area (TPSA) is 98.9 Å². The van der Waals surface area contributed by atoms with Crippen LogP contribution in [0.2, 0.25) is 0 Å². The second-order valence-electron chi connectivity index (χ2n) is 5.70. The van der Waals surface area contributed by atoms with Crippen LogP contribution in [-0.2, 0) is 6.61 Å². The fraction of sp³-hybridized carbons (Fsp3) is 0.100. The van der Waals surface area contributed by atoms with Gasteiger partial charge in [0, 0.05) is 30.0 Å². The van der Waals surface area contributed by atoms with Gasteiger partial charge in [0.25, 0.3) is 5.69 Å². The van der Waals surface area contributed by atoms with Gasteiger partial charge in [-0.2, -0.15) is 5.10 Å². The Labute approximate surface area is 161 Å². The summed E-state index contributed by atoms with van der Waals surface area (Å²) in [7, 11) is 1.60. The third kappa shape index (κ3) is 5.04. The molecule has 0 amide bonds. The van der Waals surface area contributed by atoms with Crippen molar-refractivity contribution >= 4 is 17.6 Å². The number of hydrogen-bond acceptors (Lipinski definition) is 7. The molecule has 8 heteroatoms. The van der Waals surface area contributed by atoms with Crippen molar-refractivity contribution in [1.29, 1.82) is 0 Å². The number of ether oxygens (including phenoxy) is 2. The average Bonchev–Trinajstić information content (AvgIpc) is 2.73. The Bertz CT molecular complexity index is 960. The second kappa shape index (κ2) is 9.13. The van der Waals surface area contributed by atoms with Gasteiger partial charge in [0.05, 0.1) is 23.9 Å². The third-order valence-corrected chi connectivity index (χ3v) is 3.80. The molecule has 1 heterocycles. The molecule has 0 radical (unpaired) electrons. The highest BCUT2D eigenvalue weighted by molar-refractivity contribution is 5.81. The number of non-ortho nitro benzene ring substituents is 1. The van der Waals surface area contributed by atoms with Gasteiger partial charge in [0.1, 0.15) is 12.4 Å². The van der Waals surface area contributed by atoms with E-state index in [4.69, 9.17) is 9.47 Å². The molecular formula is C20H18N4O4. The first-order chi connectivity index (χ1) is 13.7. The van der Waals surface area contributed by atoms with Gasteiger partial charge < -0.3 is 9.47 Å². The SMILES string of the molecule is COc1ccc(/C=N/Nc2ccc([N+](=O)[O-])cc2)cc1COc1ccccn1. The minimum absolute atomic E-state index is 0.0298. The van der Waals surface area contributed by atoms with Gasteiger partial charge in [-0.15, -0.1) is 0 Å². The molecule has 0 fully saturated rings. The van der Waals surface area contributed by atoms with Crippen LogP contribution in [0.1, 0.15) is 11.1 Å². The molecule has 2 aromatic carbocycles. The number of rotatable bonds is 8. The third-order valence-electron chi connectivity index (χ3n) is 3.80. The summed E-state index contributed by atoms with van der Waals surface area (Å²) < 4.78 is 11.1. The van der Waals surface area contributed by atoms with Crippen molar-refractivity contribution in [3.63, 3.8) is 0 Å². The van der Waals surface area contributed by atoms with Gasteiger partial charge >= 0.3 is 0 Å². The monoisotopic (exact) mass is 378 g/mol. The molecule has 0 bridgehead atoms. The highest BCUT2D eigenvalue weighted by Crippen LogP contribution is 2.21. The standard InChI is InChI=1S/C20H18N4O4/c1-27-19-10-5-15(12-16(19)14-28-20-4-2-3-11-21-20)13-22-23-17-6-8-18(9-7-17)24(25)26/h2-13,23H,14H2,1H3/b22-13+. The molecule has 3 aromatic rings. The van der Waals surface area contributed by atoms with Crippen LogP contribution < -0.4 is 14.9 Å². The summed E-state index contributed by atoms with van der Waals surface area (Å²) in [4.78, 5) is 14.4. The first-order valence-electron chi connectivity index (χ1n) is 8.40. The molecule has 0 spiro atoms. The first kappa shape index (κ1) is 18.8. The molecule has 28 heavy (non-hydrogen) atoms. The van der Waals surface area contributed by atoms with E-state index in [1.54, 1.807) is 37.7 Å². The zero-order chi connectivity index (χ0) is 19.8. The van der Waals surface area contributed by atoms with E-state index >= 15 is 0 Å². The van der Waals surface area contributed by atoms with Crippen LogP contribution in [0.25, 0.3) is 0 Å². The van der Waals surface area contributed by atoms with Crippen LogP contribution in [0.3, 0.4) is 0 Å². The molecule has 0 aliphatic heterocycles. The summed E-state index contributed by atoms with van der Waals surface area (Å²) in [6.45, 7) is 0.303. The van der Waals surface area contributed by atoms with Gasteiger partial charge in [-0.3, -0.25) is 15.5 Å². The molecule has 0 aliphatic rings. The van der Waals surface area contributed by atoms with E-state index < -0.39 is 4.92 Å². The van der Waals surface area contributed by atoms with E-state index in [9.17, 15) is 10.1 Å². The highest BCUT2D eigenvalue weighted by atomic mass is 16.6. The molecule has 1 aromatic heterocycles. The Balaban J connectivity index is 1.66. The van der Waals surface area contributed by atoms with Crippen molar-refractivity contribution in [3.8, 4) is 11.6 Å². The van der Waals surface area contributed by atoms with Crippen LogP contribution in [0, 0.1) is 10.1 Å². The number of nitro benzene ring substituents is 1. The zero-order valence-corrected chi connectivity index (χ0v) is 15.1. The number of anilines is 1. The number of aromatic nitrogens is 1. The summed E-state index contributed by atoms with van der Waals surface area (Å²) in [6.07, 6.45) is 3.31. The maximum Gasteiger partial charge on any atom is 0.269 e.